The molecule has 4 fully saturated rings. The average molecular weight is 715 g/mol. The minimum Gasteiger partial charge on any atom is -0.459 e. The molecule has 4 saturated carbocycles. The lowest BCUT2D eigenvalue weighted by Gasteiger charge is -2.58. The maximum Gasteiger partial charge on any atom is 0.344 e. The molecule has 1 aromatic carbocycles. The van der Waals surface area contributed by atoms with E-state index in [4.69, 9.17) is 28.4 Å². The summed E-state index contributed by atoms with van der Waals surface area (Å²) in [6.07, 6.45) is -6.55. The van der Waals surface area contributed by atoms with Crippen LogP contribution in [0, 0.1) is 34.5 Å². The van der Waals surface area contributed by atoms with Crippen molar-refractivity contribution < 1.29 is 67.1 Å². The van der Waals surface area contributed by atoms with E-state index in [2.05, 4.69) is 0 Å². The lowest BCUT2D eigenvalue weighted by molar-refractivity contribution is -0.269. The molecule has 0 unspecified atom stereocenters. The van der Waals surface area contributed by atoms with Gasteiger partial charge in [-0.15, -0.1) is 0 Å². The van der Waals surface area contributed by atoms with E-state index >= 15 is 0 Å². The predicted octanol–water partition coefficient (Wildman–Crippen LogP) is 2.89. The van der Waals surface area contributed by atoms with Crippen molar-refractivity contribution in [2.24, 2.45) is 34.5 Å². The second kappa shape index (κ2) is 13.3. The van der Waals surface area contributed by atoms with E-state index in [1.807, 2.05) is 0 Å². The van der Waals surface area contributed by atoms with Crippen LogP contribution in [0.1, 0.15) is 85.0 Å². The van der Waals surface area contributed by atoms with Crippen LogP contribution in [0.15, 0.2) is 30.3 Å². The van der Waals surface area contributed by atoms with Crippen LogP contribution >= 0.6 is 0 Å². The number of esters is 6. The van der Waals surface area contributed by atoms with Gasteiger partial charge in [-0.2, -0.15) is 0 Å². The SMILES string of the molecule is CC(=O)OCC(=O)O[C@@H]1[C@H]2[C@@H](OC(=O)c3ccccc3)[C@H](C)C[C@@]2(O)[C@H](OC(C)=O)[C@@]2(C)[C@H](OC(C)=O)[C@@]1(OC(C)=O)C[C@@H]1C(=O)C(C)(C)C[C@@H]12. The lowest BCUT2D eigenvalue weighted by Crippen LogP contribution is -2.70. The molecule has 0 heterocycles. The molecule has 11 atom stereocenters. The molecule has 0 saturated heterocycles. The first-order valence-electron chi connectivity index (χ1n) is 17.1. The van der Waals surface area contributed by atoms with E-state index in [1.165, 1.54) is 12.1 Å². The van der Waals surface area contributed by atoms with E-state index in [1.54, 1.807) is 45.9 Å². The van der Waals surface area contributed by atoms with E-state index in [0.29, 0.717) is 0 Å². The molecule has 1 aromatic rings. The minimum atomic E-state index is -2.22. The molecule has 278 valence electrons. The van der Waals surface area contributed by atoms with Crippen molar-refractivity contribution in [3.63, 3.8) is 0 Å². The second-order valence-electron chi connectivity index (χ2n) is 15.4. The number of benzene rings is 1. The van der Waals surface area contributed by atoms with Crippen LogP contribution in [0.25, 0.3) is 0 Å². The van der Waals surface area contributed by atoms with Gasteiger partial charge in [-0.25, -0.2) is 9.59 Å². The zero-order valence-electron chi connectivity index (χ0n) is 30.1. The summed E-state index contributed by atoms with van der Waals surface area (Å²) in [5.74, 6) is -9.32. The van der Waals surface area contributed by atoms with Crippen LogP contribution in [-0.2, 0) is 57.2 Å². The van der Waals surface area contributed by atoms with Gasteiger partial charge in [0, 0.05) is 45.4 Å². The van der Waals surface area contributed by atoms with Crippen molar-refractivity contribution in [2.75, 3.05) is 6.61 Å². The van der Waals surface area contributed by atoms with Crippen LogP contribution in [0.2, 0.25) is 0 Å². The Bertz CT molecular complexity index is 1620. The number of hydrogen-bond donors (Lipinski definition) is 1. The van der Waals surface area contributed by atoms with E-state index in [9.17, 15) is 38.7 Å². The Morgan fingerprint density at radius 3 is 1.96 bits per heavy atom. The van der Waals surface area contributed by atoms with Gasteiger partial charge in [-0.3, -0.25) is 24.0 Å². The van der Waals surface area contributed by atoms with Gasteiger partial charge < -0.3 is 33.5 Å². The summed E-state index contributed by atoms with van der Waals surface area (Å²) >= 11 is 0. The fraction of sp³-hybridized carbons (Fsp3) is 0.649. The zero-order valence-corrected chi connectivity index (χ0v) is 30.1. The molecule has 0 radical (unpaired) electrons. The van der Waals surface area contributed by atoms with Gasteiger partial charge in [0.05, 0.1) is 16.9 Å². The summed E-state index contributed by atoms with van der Waals surface area (Å²) in [6.45, 7) is 10.4. The van der Waals surface area contributed by atoms with Crippen LogP contribution in [-0.4, -0.2) is 88.9 Å². The van der Waals surface area contributed by atoms with Crippen LogP contribution in [0.3, 0.4) is 0 Å². The summed E-state index contributed by atoms with van der Waals surface area (Å²) in [4.78, 5) is 92.6. The molecular weight excluding hydrogens is 668 g/mol. The zero-order chi connectivity index (χ0) is 37.8. The molecule has 0 aliphatic heterocycles. The van der Waals surface area contributed by atoms with Gasteiger partial charge >= 0.3 is 35.8 Å². The summed E-state index contributed by atoms with van der Waals surface area (Å²) in [5.41, 5.74) is -6.86. The van der Waals surface area contributed by atoms with Crippen molar-refractivity contribution in [3.8, 4) is 0 Å². The molecule has 0 amide bonds. The Morgan fingerprint density at radius 1 is 0.784 bits per heavy atom. The molecule has 0 spiro atoms. The summed E-state index contributed by atoms with van der Waals surface area (Å²) in [7, 11) is 0. The first-order chi connectivity index (χ1) is 23.7. The van der Waals surface area contributed by atoms with Gasteiger partial charge in [0.15, 0.2) is 24.4 Å². The highest BCUT2D eigenvalue weighted by Crippen LogP contribution is 2.69. The Labute approximate surface area is 295 Å². The number of Topliss-reactive ketones (excluding diaryl/α,β-unsaturated/α-hetero) is 1. The normalized spacial score (nSPS) is 37.5. The number of ether oxygens (including phenoxy) is 6. The predicted molar refractivity (Wildman–Crippen MR) is 173 cm³/mol. The molecule has 14 heteroatoms. The van der Waals surface area contributed by atoms with Crippen LogP contribution in [0.4, 0.5) is 0 Å². The van der Waals surface area contributed by atoms with Crippen LogP contribution < -0.4 is 0 Å². The number of carbonyl (C=O) groups is 7. The maximum absolute atomic E-state index is 14.2. The summed E-state index contributed by atoms with van der Waals surface area (Å²) in [5, 5.41) is 13.2. The fourth-order valence-corrected chi connectivity index (χ4v) is 9.77. The van der Waals surface area contributed by atoms with E-state index in [0.717, 1.165) is 27.7 Å². The Hall–Kier alpha value is -4.33. The fourth-order valence-electron chi connectivity index (χ4n) is 9.77. The molecule has 4 aliphatic rings. The molecule has 1 N–H and O–H groups in total. The molecular formula is C37H46O14. The highest BCUT2D eigenvalue weighted by molar-refractivity contribution is 5.90. The molecule has 0 aromatic heterocycles. The number of rotatable bonds is 8. The first-order valence-corrected chi connectivity index (χ1v) is 17.1. The van der Waals surface area contributed by atoms with Crippen molar-refractivity contribution in [2.45, 2.75) is 110 Å². The third-order valence-electron chi connectivity index (χ3n) is 11.3. The molecule has 4 aliphatic carbocycles. The summed E-state index contributed by atoms with van der Waals surface area (Å²) in [6, 6.07) is 8.03. The van der Waals surface area contributed by atoms with E-state index in [-0.39, 0.29) is 30.6 Å². The number of aliphatic hydroxyl groups is 1. The van der Waals surface area contributed by atoms with Gasteiger partial charge in [0.1, 0.15) is 23.6 Å². The van der Waals surface area contributed by atoms with Gasteiger partial charge in [-0.05, 0) is 36.8 Å². The first kappa shape index (κ1) is 37.9. The average Bonchev–Trinajstić information content (AvgIpc) is 3.41. The van der Waals surface area contributed by atoms with Gasteiger partial charge in [-0.1, -0.05) is 45.9 Å². The van der Waals surface area contributed by atoms with E-state index < -0.39 is 113 Å². The highest BCUT2D eigenvalue weighted by atomic mass is 16.6. The summed E-state index contributed by atoms with van der Waals surface area (Å²) < 4.78 is 35.5. The topological polar surface area (TPSA) is 195 Å². The Balaban J connectivity index is 1.85. The Kier molecular flexibility index (Phi) is 9.91. The number of fused-ring (bicyclic) bond motifs is 5. The standard InChI is InChI=1S/C37H46O14/c1-18-14-36(45)27(28(18)50-31(44)23-12-10-9-11-13-23)30(49-26(42)17-46-19(2)38)37(51-22(5)41)15-24-25(16-34(6,7)29(24)43)35(8,32(36)47-20(3)39)33(37)48-21(4)40/h9-13,18,24-25,27-28,30,32-33,45H,14-17H2,1-8H3/t18-,24+,25+,27-,28+,30-,32-,33+,35+,36+,37-/m1/s1. The van der Waals surface area contributed by atoms with Crippen molar-refractivity contribution in [1.29, 1.82) is 0 Å². The maximum atomic E-state index is 14.2. The van der Waals surface area contributed by atoms with Crippen molar-refractivity contribution in [3.05, 3.63) is 35.9 Å². The lowest BCUT2D eigenvalue weighted by atomic mass is 9.53. The number of hydrogen-bond acceptors (Lipinski definition) is 14. The third kappa shape index (κ3) is 6.40. The molecule has 5 rings (SSSR count). The minimum absolute atomic E-state index is 0.175. The monoisotopic (exact) mass is 714 g/mol. The Morgan fingerprint density at radius 2 is 1.39 bits per heavy atom. The smallest absolute Gasteiger partial charge is 0.344 e. The second-order valence-corrected chi connectivity index (χ2v) is 15.4. The molecule has 14 nitrogen and oxygen atoms in total. The number of ketones is 1. The van der Waals surface area contributed by atoms with Gasteiger partial charge in [0.2, 0.25) is 0 Å². The quantitative estimate of drug-likeness (QED) is 0.305. The largest absolute Gasteiger partial charge is 0.459 e. The third-order valence-corrected chi connectivity index (χ3v) is 11.3. The van der Waals surface area contributed by atoms with Crippen molar-refractivity contribution >= 4 is 41.6 Å². The van der Waals surface area contributed by atoms with Crippen LogP contribution in [0.5, 0.6) is 0 Å². The highest BCUT2D eigenvalue weighted by Gasteiger charge is 2.82. The number of carbonyl (C=O) groups excluding carboxylic acids is 7. The molecule has 51 heavy (non-hydrogen) atoms. The molecule has 2 bridgehead atoms. The van der Waals surface area contributed by atoms with Gasteiger partial charge in [0.25, 0.3) is 0 Å². The van der Waals surface area contributed by atoms with Crippen molar-refractivity contribution in [1.82, 2.24) is 0 Å².